The van der Waals surface area contributed by atoms with Gasteiger partial charge in [0.15, 0.2) is 5.96 Å². The summed E-state index contributed by atoms with van der Waals surface area (Å²) in [6.07, 6.45) is 1.79. The molecule has 0 saturated heterocycles. The summed E-state index contributed by atoms with van der Waals surface area (Å²) in [6.45, 7) is 13.2. The van der Waals surface area contributed by atoms with Crippen molar-refractivity contribution in [3.05, 3.63) is 47.2 Å². The summed E-state index contributed by atoms with van der Waals surface area (Å²) in [7, 11) is 1.66. The largest absolute Gasteiger partial charge is 0.491 e. The van der Waals surface area contributed by atoms with Crippen molar-refractivity contribution in [2.24, 2.45) is 4.99 Å². The minimum atomic E-state index is -0.0610. The van der Waals surface area contributed by atoms with Gasteiger partial charge in [0.25, 0.3) is 0 Å². The van der Waals surface area contributed by atoms with E-state index < -0.39 is 0 Å². The number of aryl methyl sites for hydroxylation is 1. The molecule has 0 atom stereocenters. The smallest absolute Gasteiger partial charge is 0.213 e. The molecule has 0 aliphatic carbocycles. The highest BCUT2D eigenvalue weighted by atomic mass is 16.5. The Labute approximate surface area is 173 Å². The van der Waals surface area contributed by atoms with Gasteiger partial charge in [-0.3, -0.25) is 0 Å². The molecule has 0 fully saturated rings. The van der Waals surface area contributed by atoms with Gasteiger partial charge in [0.1, 0.15) is 18.1 Å². The summed E-state index contributed by atoms with van der Waals surface area (Å²) in [5, 5.41) is 6.53. The zero-order valence-electron chi connectivity index (χ0n) is 18.5. The Bertz CT molecular complexity index is 794. The van der Waals surface area contributed by atoms with Gasteiger partial charge in [-0.2, -0.15) is 0 Å². The van der Waals surface area contributed by atoms with Gasteiger partial charge in [-0.25, -0.2) is 9.98 Å². The number of aromatic nitrogens is 1. The van der Waals surface area contributed by atoms with Crippen LogP contribution < -0.4 is 15.4 Å². The summed E-state index contributed by atoms with van der Waals surface area (Å²) in [4.78, 5) is 9.04. The highest BCUT2D eigenvalue weighted by molar-refractivity contribution is 5.79. The van der Waals surface area contributed by atoms with E-state index in [0.717, 1.165) is 29.2 Å². The van der Waals surface area contributed by atoms with Crippen molar-refractivity contribution < 1.29 is 13.9 Å². The van der Waals surface area contributed by atoms with Crippen molar-refractivity contribution in [1.29, 1.82) is 0 Å². The predicted molar refractivity (Wildman–Crippen MR) is 115 cm³/mol. The Morgan fingerprint density at radius 1 is 1.21 bits per heavy atom. The lowest BCUT2D eigenvalue weighted by Crippen LogP contribution is -2.36. The fraction of sp³-hybridized carbons (Fsp3) is 0.545. The lowest BCUT2D eigenvalue weighted by molar-refractivity contribution is 0.145. The fourth-order valence-electron chi connectivity index (χ4n) is 2.57. The first kappa shape index (κ1) is 22.7. The Kier molecular flexibility index (Phi) is 8.51. The molecule has 0 aliphatic heterocycles. The number of hydrogen-bond acceptors (Lipinski definition) is 5. The number of nitrogens with one attached hydrogen (secondary N) is 2. The molecule has 2 aromatic rings. The summed E-state index contributed by atoms with van der Waals surface area (Å²) in [5.74, 6) is 3.05. The monoisotopic (exact) mass is 402 g/mol. The van der Waals surface area contributed by atoms with Crippen LogP contribution in [0.1, 0.15) is 50.5 Å². The zero-order valence-corrected chi connectivity index (χ0v) is 18.5. The quantitative estimate of drug-likeness (QED) is 0.379. The molecule has 7 heteroatoms. The first-order chi connectivity index (χ1) is 13.8. The van der Waals surface area contributed by atoms with Crippen LogP contribution >= 0.6 is 0 Å². The van der Waals surface area contributed by atoms with Gasteiger partial charge in [-0.05, 0) is 25.5 Å². The molecular weight excluding hydrogens is 368 g/mol. The third-order valence-corrected chi connectivity index (χ3v) is 4.22. The first-order valence-electron chi connectivity index (χ1n) is 10.0. The summed E-state index contributed by atoms with van der Waals surface area (Å²) in [5.41, 5.74) is 2.11. The number of oxazole rings is 1. The average molecular weight is 403 g/mol. The van der Waals surface area contributed by atoms with Gasteiger partial charge in [-0.1, -0.05) is 32.9 Å². The topological polar surface area (TPSA) is 80.9 Å². The number of nitrogens with zero attached hydrogens (tertiary/aromatic N) is 2. The highest BCUT2D eigenvalue weighted by Crippen LogP contribution is 2.23. The van der Waals surface area contributed by atoms with Gasteiger partial charge >= 0.3 is 0 Å². The van der Waals surface area contributed by atoms with Crippen LogP contribution in [-0.2, 0) is 23.2 Å². The Morgan fingerprint density at radius 2 is 2.00 bits per heavy atom. The van der Waals surface area contributed by atoms with Crippen molar-refractivity contribution in [2.45, 2.75) is 53.1 Å². The van der Waals surface area contributed by atoms with E-state index >= 15 is 0 Å². The Balaban J connectivity index is 2.04. The van der Waals surface area contributed by atoms with Gasteiger partial charge in [-0.15, -0.1) is 0 Å². The van der Waals surface area contributed by atoms with Crippen molar-refractivity contribution in [2.75, 3.05) is 26.9 Å². The normalized spacial score (nSPS) is 12.1. The number of rotatable bonds is 9. The molecule has 1 aromatic heterocycles. The predicted octanol–water partition coefficient (Wildman–Crippen LogP) is 3.56. The number of hydrogen-bond donors (Lipinski definition) is 2. The molecule has 1 heterocycles. The van der Waals surface area contributed by atoms with E-state index in [1.54, 1.807) is 13.3 Å². The summed E-state index contributed by atoms with van der Waals surface area (Å²) in [6, 6.07) is 6.14. The van der Waals surface area contributed by atoms with E-state index in [9.17, 15) is 0 Å². The maximum Gasteiger partial charge on any atom is 0.213 e. The van der Waals surface area contributed by atoms with E-state index in [0.29, 0.717) is 38.2 Å². The molecule has 7 nitrogen and oxygen atoms in total. The number of aliphatic imine (C=N–C) groups is 1. The highest BCUT2D eigenvalue weighted by Gasteiger charge is 2.19. The van der Waals surface area contributed by atoms with E-state index in [4.69, 9.17) is 13.9 Å². The molecular formula is C22H34N4O3. The number of ether oxygens (including phenoxy) is 2. The second-order valence-electron chi connectivity index (χ2n) is 7.87. The fourth-order valence-corrected chi connectivity index (χ4v) is 2.57. The molecule has 160 valence electrons. The van der Waals surface area contributed by atoms with Crippen LogP contribution in [0.25, 0.3) is 0 Å². The molecule has 0 bridgehead atoms. The van der Waals surface area contributed by atoms with Crippen LogP contribution in [0.5, 0.6) is 5.75 Å². The third kappa shape index (κ3) is 7.42. The number of guanidine groups is 1. The van der Waals surface area contributed by atoms with Crippen molar-refractivity contribution in [3.63, 3.8) is 0 Å². The molecule has 0 saturated carbocycles. The molecule has 0 amide bonds. The molecule has 1 aromatic carbocycles. The SMILES string of the molecule is CCNC(=NCc1ccc(C)cc1OCCOC)NCc1ncc(C(C)(C)C)o1. The standard InChI is InChI=1S/C22H34N4O3/c1-7-23-21(26-15-20-24-14-19(29-20)22(3,4)5)25-13-17-9-8-16(2)12-18(17)28-11-10-27-6/h8-9,12,14H,7,10-11,13,15H2,1-6H3,(H2,23,25,26). The van der Waals surface area contributed by atoms with Crippen LogP contribution in [0.15, 0.2) is 33.8 Å². The van der Waals surface area contributed by atoms with Crippen molar-refractivity contribution in [1.82, 2.24) is 15.6 Å². The van der Waals surface area contributed by atoms with Crippen molar-refractivity contribution >= 4 is 5.96 Å². The van der Waals surface area contributed by atoms with Gasteiger partial charge in [0.05, 0.1) is 25.9 Å². The van der Waals surface area contributed by atoms with E-state index in [-0.39, 0.29) is 5.41 Å². The van der Waals surface area contributed by atoms with Gasteiger partial charge < -0.3 is 24.5 Å². The molecule has 0 unspecified atom stereocenters. The minimum Gasteiger partial charge on any atom is -0.491 e. The van der Waals surface area contributed by atoms with E-state index in [1.165, 1.54) is 0 Å². The zero-order chi connectivity index (χ0) is 21.3. The number of benzene rings is 1. The lowest BCUT2D eigenvalue weighted by Gasteiger charge is -2.14. The summed E-state index contributed by atoms with van der Waals surface area (Å²) < 4.78 is 16.8. The number of methoxy groups -OCH3 is 1. The molecule has 2 N–H and O–H groups in total. The summed E-state index contributed by atoms with van der Waals surface area (Å²) >= 11 is 0. The Morgan fingerprint density at radius 3 is 2.66 bits per heavy atom. The van der Waals surface area contributed by atoms with Crippen molar-refractivity contribution in [3.8, 4) is 5.75 Å². The first-order valence-corrected chi connectivity index (χ1v) is 10.0. The Hall–Kier alpha value is -2.54. The molecule has 0 radical (unpaired) electrons. The van der Waals surface area contributed by atoms with Crippen LogP contribution in [0.2, 0.25) is 0 Å². The molecule has 0 aliphatic rings. The molecule has 2 rings (SSSR count). The maximum atomic E-state index is 5.85. The van der Waals surface area contributed by atoms with Crippen LogP contribution in [-0.4, -0.2) is 37.8 Å². The average Bonchev–Trinajstić information content (AvgIpc) is 3.15. The minimum absolute atomic E-state index is 0.0610. The van der Waals surface area contributed by atoms with Crippen LogP contribution in [0.3, 0.4) is 0 Å². The second kappa shape index (κ2) is 10.9. The lowest BCUT2D eigenvalue weighted by atomic mass is 9.94. The maximum absolute atomic E-state index is 5.85. The van der Waals surface area contributed by atoms with E-state index in [2.05, 4.69) is 47.4 Å². The van der Waals surface area contributed by atoms with Gasteiger partial charge in [0.2, 0.25) is 5.89 Å². The van der Waals surface area contributed by atoms with E-state index in [1.807, 2.05) is 26.0 Å². The second-order valence-corrected chi connectivity index (χ2v) is 7.87. The molecule has 0 spiro atoms. The van der Waals surface area contributed by atoms with Crippen LogP contribution in [0, 0.1) is 6.92 Å². The van der Waals surface area contributed by atoms with Gasteiger partial charge in [0, 0.05) is 24.6 Å². The molecule has 29 heavy (non-hydrogen) atoms. The van der Waals surface area contributed by atoms with Crippen LogP contribution in [0.4, 0.5) is 0 Å². The third-order valence-electron chi connectivity index (χ3n) is 4.22.